The second kappa shape index (κ2) is 6.55. The standard InChI is InChI=1S/C15H16ClF3N4O2/c1-7-5-8(2)22(11(24)6-7)21-14(25)10(4)23-9(3)12(16)13(20-23)15(17,18)19/h5-6,10H,1-4H3,(H,21,25)/t10-/m1/s1. The lowest BCUT2D eigenvalue weighted by Gasteiger charge is -2.17. The minimum Gasteiger partial charge on any atom is -0.271 e. The van der Waals surface area contributed by atoms with E-state index in [0.29, 0.717) is 5.69 Å². The van der Waals surface area contributed by atoms with Gasteiger partial charge < -0.3 is 0 Å². The fraction of sp³-hybridized carbons (Fsp3) is 0.400. The van der Waals surface area contributed by atoms with Crippen LogP contribution in [0.15, 0.2) is 16.9 Å². The van der Waals surface area contributed by atoms with Crippen molar-refractivity contribution in [1.29, 1.82) is 0 Å². The monoisotopic (exact) mass is 376 g/mol. The van der Waals surface area contributed by atoms with Crippen molar-refractivity contribution in [3.63, 3.8) is 0 Å². The summed E-state index contributed by atoms with van der Waals surface area (Å²) in [5, 5.41) is 2.85. The molecule has 0 aromatic carbocycles. The lowest BCUT2D eigenvalue weighted by atomic mass is 10.2. The van der Waals surface area contributed by atoms with E-state index in [4.69, 9.17) is 11.6 Å². The van der Waals surface area contributed by atoms with Crippen LogP contribution in [0.25, 0.3) is 0 Å². The summed E-state index contributed by atoms with van der Waals surface area (Å²) >= 11 is 5.69. The second-order valence-corrected chi connectivity index (χ2v) is 6.07. The molecular weight excluding hydrogens is 361 g/mol. The molecule has 2 rings (SSSR count). The molecule has 2 aromatic heterocycles. The Kier molecular flexibility index (Phi) is 4.99. The van der Waals surface area contributed by atoms with E-state index in [1.165, 1.54) is 19.9 Å². The summed E-state index contributed by atoms with van der Waals surface area (Å²) < 4.78 is 40.6. The Morgan fingerprint density at radius 2 is 1.88 bits per heavy atom. The van der Waals surface area contributed by atoms with Gasteiger partial charge in [-0.2, -0.15) is 18.3 Å². The molecule has 0 bridgehead atoms. The van der Waals surface area contributed by atoms with E-state index < -0.39 is 34.4 Å². The molecule has 0 fully saturated rings. The van der Waals surface area contributed by atoms with E-state index in [-0.39, 0.29) is 5.69 Å². The summed E-state index contributed by atoms with van der Waals surface area (Å²) in [5.74, 6) is -0.704. The third kappa shape index (κ3) is 3.71. The van der Waals surface area contributed by atoms with Gasteiger partial charge in [-0.3, -0.25) is 19.7 Å². The number of carbonyl (C=O) groups is 1. The Morgan fingerprint density at radius 3 is 2.36 bits per heavy atom. The van der Waals surface area contributed by atoms with Gasteiger partial charge in [0.2, 0.25) is 0 Å². The molecule has 0 aliphatic carbocycles. The maximum atomic E-state index is 12.9. The highest BCUT2D eigenvalue weighted by molar-refractivity contribution is 6.32. The molecule has 0 unspecified atom stereocenters. The van der Waals surface area contributed by atoms with Crippen LogP contribution in [0.5, 0.6) is 0 Å². The van der Waals surface area contributed by atoms with Crippen LogP contribution in [0.3, 0.4) is 0 Å². The summed E-state index contributed by atoms with van der Waals surface area (Å²) in [4.78, 5) is 24.3. The molecule has 0 radical (unpaired) electrons. The van der Waals surface area contributed by atoms with Crippen LogP contribution in [0.1, 0.15) is 35.6 Å². The molecule has 2 heterocycles. The number of aryl methyl sites for hydroxylation is 2. The smallest absolute Gasteiger partial charge is 0.271 e. The number of halogens is 4. The lowest BCUT2D eigenvalue weighted by Crippen LogP contribution is -2.38. The van der Waals surface area contributed by atoms with Gasteiger partial charge in [-0.05, 0) is 39.3 Å². The first kappa shape index (κ1) is 19.0. The molecule has 1 N–H and O–H groups in total. The zero-order chi connectivity index (χ0) is 19.1. The zero-order valence-corrected chi connectivity index (χ0v) is 14.7. The number of aromatic nitrogens is 3. The molecule has 0 saturated carbocycles. The largest absolute Gasteiger partial charge is 0.436 e. The highest BCUT2D eigenvalue weighted by Crippen LogP contribution is 2.36. The molecule has 2 aromatic rings. The summed E-state index contributed by atoms with van der Waals surface area (Å²) in [6, 6.07) is 1.90. The number of hydrogen-bond acceptors (Lipinski definition) is 3. The van der Waals surface area contributed by atoms with Crippen molar-refractivity contribution in [1.82, 2.24) is 14.5 Å². The first-order valence-electron chi connectivity index (χ1n) is 7.26. The van der Waals surface area contributed by atoms with Crippen LogP contribution < -0.4 is 11.0 Å². The molecule has 10 heteroatoms. The molecule has 0 spiro atoms. The first-order chi connectivity index (χ1) is 11.4. The Labute approximate surface area is 146 Å². The van der Waals surface area contributed by atoms with Gasteiger partial charge in [0.15, 0.2) is 5.69 Å². The molecule has 1 amide bonds. The molecule has 0 aliphatic rings. The normalized spacial score (nSPS) is 13.0. The van der Waals surface area contributed by atoms with Crippen LogP contribution in [-0.2, 0) is 11.0 Å². The third-order valence-electron chi connectivity index (χ3n) is 3.67. The van der Waals surface area contributed by atoms with Gasteiger partial charge in [-0.1, -0.05) is 11.6 Å². The van der Waals surface area contributed by atoms with Crippen LogP contribution in [0, 0.1) is 20.8 Å². The maximum absolute atomic E-state index is 12.9. The van der Waals surface area contributed by atoms with Crippen LogP contribution in [0.2, 0.25) is 5.02 Å². The Bertz CT molecular complexity index is 886. The topological polar surface area (TPSA) is 68.9 Å². The average Bonchev–Trinajstić information content (AvgIpc) is 2.78. The van der Waals surface area contributed by atoms with Crippen LogP contribution in [-0.4, -0.2) is 20.4 Å². The number of amides is 1. The summed E-state index contributed by atoms with van der Waals surface area (Å²) in [5.41, 5.74) is 1.88. The van der Waals surface area contributed by atoms with Gasteiger partial charge in [0.1, 0.15) is 6.04 Å². The average molecular weight is 377 g/mol. The number of pyridine rings is 1. The number of rotatable bonds is 3. The van der Waals surface area contributed by atoms with Crippen molar-refractivity contribution < 1.29 is 18.0 Å². The molecular formula is C15H16ClF3N4O2. The van der Waals surface area contributed by atoms with E-state index in [2.05, 4.69) is 10.5 Å². The van der Waals surface area contributed by atoms with Crippen molar-refractivity contribution in [2.45, 2.75) is 39.9 Å². The SMILES string of the molecule is Cc1cc(C)n(NC(=O)[C@@H](C)n2nc(C(F)(F)F)c(Cl)c2C)c(=O)c1. The van der Waals surface area contributed by atoms with Gasteiger partial charge in [-0.15, -0.1) is 0 Å². The minimum absolute atomic E-state index is 0.00427. The first-order valence-corrected chi connectivity index (χ1v) is 7.64. The second-order valence-electron chi connectivity index (χ2n) is 5.69. The van der Waals surface area contributed by atoms with Gasteiger partial charge in [0.05, 0.1) is 10.7 Å². The van der Waals surface area contributed by atoms with Crippen molar-refractivity contribution >= 4 is 17.5 Å². The van der Waals surface area contributed by atoms with E-state index in [1.54, 1.807) is 19.9 Å². The highest BCUT2D eigenvalue weighted by atomic mass is 35.5. The van der Waals surface area contributed by atoms with Gasteiger partial charge >= 0.3 is 6.18 Å². The van der Waals surface area contributed by atoms with Crippen molar-refractivity contribution in [3.05, 3.63) is 50.2 Å². The van der Waals surface area contributed by atoms with E-state index >= 15 is 0 Å². The number of nitrogens with one attached hydrogen (secondary N) is 1. The Morgan fingerprint density at radius 1 is 1.28 bits per heavy atom. The zero-order valence-electron chi connectivity index (χ0n) is 13.9. The lowest BCUT2D eigenvalue weighted by molar-refractivity contribution is -0.141. The maximum Gasteiger partial charge on any atom is 0.436 e. The van der Waals surface area contributed by atoms with Crippen molar-refractivity contribution in [2.75, 3.05) is 5.43 Å². The van der Waals surface area contributed by atoms with Crippen molar-refractivity contribution in [2.24, 2.45) is 0 Å². The quantitative estimate of drug-likeness (QED) is 0.895. The highest BCUT2D eigenvalue weighted by Gasteiger charge is 2.39. The van der Waals surface area contributed by atoms with Gasteiger partial charge in [-0.25, -0.2) is 4.68 Å². The van der Waals surface area contributed by atoms with Crippen LogP contribution >= 0.6 is 11.6 Å². The molecule has 0 aliphatic heterocycles. The van der Waals surface area contributed by atoms with E-state index in [9.17, 15) is 22.8 Å². The number of carbonyl (C=O) groups excluding carboxylic acids is 1. The minimum atomic E-state index is -4.73. The summed E-state index contributed by atoms with van der Waals surface area (Å²) in [7, 11) is 0. The van der Waals surface area contributed by atoms with E-state index in [1.807, 2.05) is 0 Å². The molecule has 0 saturated heterocycles. The number of alkyl halides is 3. The van der Waals surface area contributed by atoms with E-state index in [0.717, 1.165) is 14.9 Å². The van der Waals surface area contributed by atoms with Gasteiger partial charge in [0.25, 0.3) is 11.5 Å². The molecule has 136 valence electrons. The number of nitrogens with zero attached hydrogens (tertiary/aromatic N) is 3. The molecule has 6 nitrogen and oxygen atoms in total. The Balaban J connectivity index is 2.35. The van der Waals surface area contributed by atoms with Crippen molar-refractivity contribution in [3.8, 4) is 0 Å². The van der Waals surface area contributed by atoms with Gasteiger partial charge in [0, 0.05) is 11.8 Å². The fourth-order valence-corrected chi connectivity index (χ4v) is 2.62. The molecule has 1 atom stereocenters. The van der Waals surface area contributed by atoms with Crippen LogP contribution in [0.4, 0.5) is 13.2 Å². The fourth-order valence-electron chi connectivity index (χ4n) is 2.38. The predicted octanol–water partition coefficient (Wildman–Crippen LogP) is 2.97. The summed E-state index contributed by atoms with van der Waals surface area (Å²) in [6.07, 6.45) is -4.73. The summed E-state index contributed by atoms with van der Waals surface area (Å²) in [6.45, 7) is 6.05. The number of hydrogen-bond donors (Lipinski definition) is 1. The molecule has 25 heavy (non-hydrogen) atoms. The Hall–Kier alpha value is -2.29. The predicted molar refractivity (Wildman–Crippen MR) is 86.2 cm³/mol. The third-order valence-corrected chi connectivity index (χ3v) is 4.13.